The third-order valence-electron chi connectivity index (χ3n) is 3.95. The zero-order chi connectivity index (χ0) is 22.8. The molecule has 31 heavy (non-hydrogen) atoms. The van der Waals surface area contributed by atoms with Gasteiger partial charge in [-0.1, -0.05) is 11.6 Å². The molecule has 0 radical (unpaired) electrons. The van der Waals surface area contributed by atoms with Crippen molar-refractivity contribution in [2.24, 2.45) is 10.7 Å². The first-order valence-corrected chi connectivity index (χ1v) is 10.2. The zero-order valence-corrected chi connectivity index (χ0v) is 18.0. The fraction of sp³-hybridized carbons (Fsp3) is 0.200. The Hall–Kier alpha value is -2.98. The number of amidine groups is 1. The number of alkyl halides is 3. The van der Waals surface area contributed by atoms with Crippen molar-refractivity contribution in [3.63, 3.8) is 0 Å². The number of halogens is 4. The van der Waals surface area contributed by atoms with Gasteiger partial charge in [-0.15, -0.1) is 0 Å². The number of hydrogen-bond acceptors (Lipinski definition) is 5. The summed E-state index contributed by atoms with van der Waals surface area (Å²) in [6.07, 6.45) is -4.42. The van der Waals surface area contributed by atoms with Crippen LogP contribution in [0.2, 0.25) is 5.02 Å². The summed E-state index contributed by atoms with van der Waals surface area (Å²) in [7, 11) is 0. The highest BCUT2D eigenvalue weighted by Crippen LogP contribution is 2.35. The van der Waals surface area contributed by atoms with Crippen LogP contribution in [0.3, 0.4) is 0 Å². The quantitative estimate of drug-likeness (QED) is 0.315. The Balaban J connectivity index is 1.79. The van der Waals surface area contributed by atoms with Crippen molar-refractivity contribution in [2.45, 2.75) is 26.1 Å². The fourth-order valence-electron chi connectivity index (χ4n) is 2.60. The molecular weight excluding hydrogens is 453 g/mol. The maximum atomic E-state index is 12.7. The minimum absolute atomic E-state index is 0.0803. The van der Waals surface area contributed by atoms with E-state index in [0.717, 1.165) is 23.7 Å². The number of nitrogens with zero attached hydrogens (tertiary/aromatic N) is 1. The van der Waals surface area contributed by atoms with Crippen LogP contribution >= 0.6 is 23.1 Å². The van der Waals surface area contributed by atoms with Crippen molar-refractivity contribution in [1.29, 1.82) is 0 Å². The molecule has 0 aliphatic rings. The van der Waals surface area contributed by atoms with Crippen LogP contribution in [0, 0.1) is 0 Å². The SMILES string of the molecule is CC(C)N=C(N)c1c(Nc2ccc(Oc3ccc(C(F)(F)F)cc3)c(Cl)c2)s[nH]c1=O. The van der Waals surface area contributed by atoms with Gasteiger partial charge in [-0.05, 0) is 67.8 Å². The van der Waals surface area contributed by atoms with Gasteiger partial charge in [0.1, 0.15) is 27.9 Å². The van der Waals surface area contributed by atoms with Crippen LogP contribution in [-0.4, -0.2) is 16.3 Å². The normalized spacial score (nSPS) is 12.3. The topological polar surface area (TPSA) is 92.5 Å². The highest BCUT2D eigenvalue weighted by atomic mass is 35.5. The lowest BCUT2D eigenvalue weighted by Crippen LogP contribution is -2.23. The average molecular weight is 471 g/mol. The van der Waals surface area contributed by atoms with Gasteiger partial charge in [-0.2, -0.15) is 13.2 Å². The molecule has 0 aliphatic heterocycles. The van der Waals surface area contributed by atoms with Gasteiger partial charge < -0.3 is 15.8 Å². The standard InChI is InChI=1S/C20H18ClF3N4O2S/c1-10(2)26-17(25)16-18(29)28-31-19(16)27-12-5-8-15(14(21)9-12)30-13-6-3-11(4-7-13)20(22,23)24/h3-10,27H,1-2H3,(H2,25,26)(H,28,29). The molecule has 3 aromatic rings. The summed E-state index contributed by atoms with van der Waals surface area (Å²) < 4.78 is 46.2. The van der Waals surface area contributed by atoms with E-state index in [1.807, 2.05) is 13.8 Å². The number of nitrogens with one attached hydrogen (secondary N) is 2. The molecule has 1 heterocycles. The van der Waals surface area contributed by atoms with E-state index in [1.54, 1.807) is 18.2 Å². The van der Waals surface area contributed by atoms with Gasteiger partial charge in [0.2, 0.25) is 0 Å². The van der Waals surface area contributed by atoms with Crippen LogP contribution in [0.1, 0.15) is 25.0 Å². The summed E-state index contributed by atoms with van der Waals surface area (Å²) in [5.74, 6) is 0.586. The molecule has 4 N–H and O–H groups in total. The molecule has 0 fully saturated rings. The molecule has 6 nitrogen and oxygen atoms in total. The summed E-state index contributed by atoms with van der Waals surface area (Å²) in [5, 5.41) is 3.76. The number of hydrogen-bond donors (Lipinski definition) is 3. The van der Waals surface area contributed by atoms with Crippen molar-refractivity contribution < 1.29 is 17.9 Å². The van der Waals surface area contributed by atoms with Crippen molar-refractivity contribution in [3.05, 3.63) is 69.0 Å². The largest absolute Gasteiger partial charge is 0.456 e. The first kappa shape index (κ1) is 22.7. The third-order valence-corrected chi connectivity index (χ3v) is 5.05. The Morgan fingerprint density at radius 1 is 1.23 bits per heavy atom. The number of aromatic nitrogens is 1. The Bertz CT molecular complexity index is 1150. The van der Waals surface area contributed by atoms with Crippen LogP contribution in [0.25, 0.3) is 0 Å². The molecule has 11 heteroatoms. The van der Waals surface area contributed by atoms with E-state index in [1.165, 1.54) is 12.1 Å². The zero-order valence-electron chi connectivity index (χ0n) is 16.4. The fourth-order valence-corrected chi connectivity index (χ4v) is 3.58. The molecule has 0 amide bonds. The van der Waals surface area contributed by atoms with Crippen LogP contribution in [0.15, 0.2) is 52.3 Å². The van der Waals surface area contributed by atoms with Crippen LogP contribution in [-0.2, 0) is 6.18 Å². The molecule has 0 saturated heterocycles. The van der Waals surface area contributed by atoms with E-state index in [0.29, 0.717) is 10.7 Å². The average Bonchev–Trinajstić information content (AvgIpc) is 3.03. The van der Waals surface area contributed by atoms with Crippen molar-refractivity contribution in [3.8, 4) is 11.5 Å². The van der Waals surface area contributed by atoms with E-state index in [4.69, 9.17) is 22.1 Å². The summed E-state index contributed by atoms with van der Waals surface area (Å²) in [4.78, 5) is 16.3. The second-order valence-corrected chi connectivity index (χ2v) is 7.96. The number of aromatic amines is 1. The summed E-state index contributed by atoms with van der Waals surface area (Å²) in [5.41, 5.74) is 5.61. The molecule has 0 aliphatic carbocycles. The lowest BCUT2D eigenvalue weighted by molar-refractivity contribution is -0.137. The maximum absolute atomic E-state index is 12.7. The maximum Gasteiger partial charge on any atom is 0.416 e. The summed E-state index contributed by atoms with van der Waals surface area (Å²) >= 11 is 7.33. The van der Waals surface area contributed by atoms with Gasteiger partial charge in [-0.25, -0.2) is 0 Å². The number of benzene rings is 2. The predicted octanol–water partition coefficient (Wildman–Crippen LogP) is 5.76. The second-order valence-electron chi connectivity index (χ2n) is 6.74. The Kier molecular flexibility index (Phi) is 6.61. The van der Waals surface area contributed by atoms with Gasteiger partial charge in [0, 0.05) is 11.7 Å². The summed E-state index contributed by atoms with van der Waals surface area (Å²) in [6.45, 7) is 3.69. The molecule has 0 bridgehead atoms. The number of rotatable bonds is 6. The minimum atomic E-state index is -4.42. The lowest BCUT2D eigenvalue weighted by Gasteiger charge is -2.12. The third kappa shape index (κ3) is 5.59. The molecule has 3 rings (SSSR count). The highest BCUT2D eigenvalue weighted by Gasteiger charge is 2.30. The van der Waals surface area contributed by atoms with Crippen LogP contribution < -0.4 is 21.3 Å². The Morgan fingerprint density at radius 3 is 2.48 bits per heavy atom. The molecule has 2 aromatic carbocycles. The van der Waals surface area contributed by atoms with E-state index in [2.05, 4.69) is 14.7 Å². The van der Waals surface area contributed by atoms with E-state index in [9.17, 15) is 18.0 Å². The van der Waals surface area contributed by atoms with Gasteiger partial charge >= 0.3 is 6.18 Å². The van der Waals surface area contributed by atoms with Crippen molar-refractivity contribution in [2.75, 3.05) is 5.32 Å². The molecule has 0 spiro atoms. The number of anilines is 2. The van der Waals surface area contributed by atoms with Gasteiger partial charge in [0.15, 0.2) is 0 Å². The van der Waals surface area contributed by atoms with Crippen LogP contribution in [0.5, 0.6) is 11.5 Å². The van der Waals surface area contributed by atoms with Gasteiger partial charge in [0.25, 0.3) is 5.56 Å². The molecule has 1 aromatic heterocycles. The van der Waals surface area contributed by atoms with Crippen molar-refractivity contribution in [1.82, 2.24) is 4.37 Å². The number of ether oxygens (including phenoxy) is 1. The monoisotopic (exact) mass is 470 g/mol. The molecule has 0 saturated carbocycles. The van der Waals surface area contributed by atoms with Crippen LogP contribution in [0.4, 0.5) is 23.9 Å². The molecular formula is C20H18ClF3N4O2S. The van der Waals surface area contributed by atoms with Crippen molar-refractivity contribution >= 4 is 39.7 Å². The summed E-state index contributed by atoms with van der Waals surface area (Å²) in [6, 6.07) is 8.97. The Labute approximate surface area is 184 Å². The first-order chi connectivity index (χ1) is 14.5. The molecule has 0 atom stereocenters. The highest BCUT2D eigenvalue weighted by molar-refractivity contribution is 7.10. The van der Waals surface area contributed by atoms with Gasteiger partial charge in [0.05, 0.1) is 10.6 Å². The Morgan fingerprint density at radius 2 is 1.90 bits per heavy atom. The minimum Gasteiger partial charge on any atom is -0.456 e. The van der Waals surface area contributed by atoms with E-state index >= 15 is 0 Å². The molecule has 0 unspecified atom stereocenters. The number of nitrogens with two attached hydrogens (primary N) is 1. The first-order valence-electron chi connectivity index (χ1n) is 9.01. The number of aliphatic imine (C=N–C) groups is 1. The van der Waals surface area contributed by atoms with E-state index < -0.39 is 11.7 Å². The second kappa shape index (κ2) is 9.03. The molecule has 164 valence electrons. The van der Waals surface area contributed by atoms with E-state index in [-0.39, 0.29) is 39.5 Å². The number of H-pyrrole nitrogens is 1. The lowest BCUT2D eigenvalue weighted by atomic mass is 10.2. The smallest absolute Gasteiger partial charge is 0.416 e. The van der Waals surface area contributed by atoms with Gasteiger partial charge in [-0.3, -0.25) is 14.2 Å². The predicted molar refractivity (Wildman–Crippen MR) is 117 cm³/mol.